The molecule has 0 saturated carbocycles. The van der Waals surface area contributed by atoms with Crippen LogP contribution in [-0.4, -0.2) is 38.0 Å². The minimum Gasteiger partial charge on any atom is -0.497 e. The molecule has 6 nitrogen and oxygen atoms in total. The molecule has 1 aliphatic heterocycles. The Morgan fingerprint density at radius 1 is 0.969 bits per heavy atom. The Morgan fingerprint density at radius 3 is 2.38 bits per heavy atom. The van der Waals surface area contributed by atoms with E-state index in [1.54, 1.807) is 32.2 Å². The van der Waals surface area contributed by atoms with Crippen LogP contribution in [0.15, 0.2) is 66.7 Å². The summed E-state index contributed by atoms with van der Waals surface area (Å²) in [5.41, 5.74) is 3.70. The lowest BCUT2D eigenvalue weighted by Gasteiger charge is -2.39. The minimum absolute atomic E-state index is 0.112. The molecule has 4 rings (SSSR count). The van der Waals surface area contributed by atoms with Crippen molar-refractivity contribution in [1.82, 2.24) is 4.90 Å². The molecule has 3 aromatic rings. The van der Waals surface area contributed by atoms with Gasteiger partial charge in [0.25, 0.3) is 5.91 Å². The van der Waals surface area contributed by atoms with Gasteiger partial charge in [0.2, 0.25) is 5.91 Å². The lowest BCUT2D eigenvalue weighted by atomic mass is 9.79. The molecule has 32 heavy (non-hydrogen) atoms. The monoisotopic (exact) mass is 430 g/mol. The van der Waals surface area contributed by atoms with E-state index < -0.39 is 12.0 Å². The summed E-state index contributed by atoms with van der Waals surface area (Å²) in [4.78, 5) is 28.5. The number of rotatable bonds is 5. The fourth-order valence-electron chi connectivity index (χ4n) is 4.30. The third-order valence-electron chi connectivity index (χ3n) is 5.93. The number of fused-ring (bicyclic) bond motifs is 1. The summed E-state index contributed by atoms with van der Waals surface area (Å²) in [5.74, 6) is 0.371. The summed E-state index contributed by atoms with van der Waals surface area (Å²) in [6.07, 6.45) is 0. The molecule has 0 fully saturated rings. The number of anilines is 1. The van der Waals surface area contributed by atoms with Crippen LogP contribution in [0.3, 0.4) is 0 Å². The summed E-state index contributed by atoms with van der Waals surface area (Å²) < 4.78 is 10.7. The van der Waals surface area contributed by atoms with E-state index in [0.29, 0.717) is 28.3 Å². The molecular formula is C26H26N2O4. The van der Waals surface area contributed by atoms with Gasteiger partial charge in [0.15, 0.2) is 0 Å². The Hall–Kier alpha value is -3.80. The van der Waals surface area contributed by atoms with Gasteiger partial charge in [-0.05, 0) is 53.9 Å². The van der Waals surface area contributed by atoms with E-state index in [0.717, 1.165) is 11.1 Å². The first kappa shape index (κ1) is 21.4. The van der Waals surface area contributed by atoms with Crippen molar-refractivity contribution < 1.29 is 19.1 Å². The maximum Gasteiger partial charge on any atom is 0.254 e. The Morgan fingerprint density at radius 2 is 1.69 bits per heavy atom. The first-order valence-electron chi connectivity index (χ1n) is 10.4. The molecule has 2 atom stereocenters. The molecule has 0 aromatic heterocycles. The van der Waals surface area contributed by atoms with Crippen molar-refractivity contribution in [2.75, 3.05) is 26.6 Å². The average Bonchev–Trinajstić information content (AvgIpc) is 2.81. The van der Waals surface area contributed by atoms with Crippen LogP contribution in [-0.2, 0) is 4.79 Å². The first-order valence-corrected chi connectivity index (χ1v) is 10.4. The van der Waals surface area contributed by atoms with Crippen molar-refractivity contribution in [3.63, 3.8) is 0 Å². The van der Waals surface area contributed by atoms with Crippen LogP contribution in [0.25, 0.3) is 0 Å². The van der Waals surface area contributed by atoms with Gasteiger partial charge in [-0.2, -0.15) is 0 Å². The summed E-state index contributed by atoms with van der Waals surface area (Å²) in [6, 6.07) is 19.9. The van der Waals surface area contributed by atoms with E-state index in [1.807, 2.05) is 67.6 Å². The van der Waals surface area contributed by atoms with Gasteiger partial charge in [0.1, 0.15) is 11.5 Å². The van der Waals surface area contributed by atoms with Crippen LogP contribution in [0.1, 0.15) is 39.0 Å². The zero-order valence-corrected chi connectivity index (χ0v) is 18.6. The van der Waals surface area contributed by atoms with Crippen molar-refractivity contribution in [2.45, 2.75) is 18.9 Å². The Labute approximate surface area is 187 Å². The third-order valence-corrected chi connectivity index (χ3v) is 5.93. The third kappa shape index (κ3) is 3.80. The second kappa shape index (κ2) is 8.75. The highest BCUT2D eigenvalue weighted by atomic mass is 16.5. The number of carbonyl (C=O) groups excluding carboxylic acids is 2. The number of nitrogens with one attached hydrogen (secondary N) is 1. The van der Waals surface area contributed by atoms with Crippen LogP contribution in [0.4, 0.5) is 5.69 Å². The second-order valence-corrected chi connectivity index (χ2v) is 7.89. The van der Waals surface area contributed by atoms with Gasteiger partial charge < -0.3 is 19.7 Å². The molecule has 2 amide bonds. The molecule has 0 aliphatic carbocycles. The highest BCUT2D eigenvalue weighted by Gasteiger charge is 2.42. The summed E-state index contributed by atoms with van der Waals surface area (Å²) in [5, 5.41) is 3.04. The molecule has 0 unspecified atom stereocenters. The number of ether oxygens (including phenoxy) is 2. The van der Waals surface area contributed by atoms with E-state index in [4.69, 9.17) is 9.47 Å². The zero-order valence-electron chi connectivity index (χ0n) is 18.6. The van der Waals surface area contributed by atoms with Crippen LogP contribution in [0.5, 0.6) is 11.5 Å². The summed E-state index contributed by atoms with van der Waals surface area (Å²) in [7, 11) is 4.91. The number of nitrogens with zero attached hydrogens (tertiary/aromatic N) is 1. The molecule has 3 aromatic carbocycles. The molecule has 1 heterocycles. The van der Waals surface area contributed by atoms with Gasteiger partial charge >= 0.3 is 0 Å². The van der Waals surface area contributed by atoms with E-state index in [2.05, 4.69) is 5.32 Å². The number of aryl methyl sites for hydroxylation is 1. The van der Waals surface area contributed by atoms with Gasteiger partial charge in [0, 0.05) is 12.6 Å². The van der Waals surface area contributed by atoms with Crippen LogP contribution < -0.4 is 14.8 Å². The number of likely N-dealkylation sites (N-methyl/N-ethyl adjacent to an activating group) is 1. The van der Waals surface area contributed by atoms with Gasteiger partial charge in [-0.3, -0.25) is 9.59 Å². The Balaban J connectivity index is 1.80. The molecule has 1 N–H and O–H groups in total. The fourth-order valence-corrected chi connectivity index (χ4v) is 4.30. The van der Waals surface area contributed by atoms with Gasteiger partial charge in [-0.1, -0.05) is 36.4 Å². The molecular weight excluding hydrogens is 404 g/mol. The molecule has 1 aliphatic rings. The normalized spacial score (nSPS) is 17.5. The van der Waals surface area contributed by atoms with Gasteiger partial charge in [0.05, 0.1) is 31.9 Å². The van der Waals surface area contributed by atoms with Crippen molar-refractivity contribution in [3.8, 4) is 11.5 Å². The van der Waals surface area contributed by atoms with Gasteiger partial charge in [-0.25, -0.2) is 0 Å². The lowest BCUT2D eigenvalue weighted by molar-refractivity contribution is -0.119. The van der Waals surface area contributed by atoms with E-state index in [-0.39, 0.29) is 11.8 Å². The van der Waals surface area contributed by atoms with Gasteiger partial charge in [-0.15, -0.1) is 0 Å². The predicted octanol–water partition coefficient (Wildman–Crippen LogP) is 4.56. The molecule has 0 spiro atoms. The lowest BCUT2D eigenvalue weighted by Crippen LogP contribution is -2.44. The summed E-state index contributed by atoms with van der Waals surface area (Å²) in [6.45, 7) is 1.96. The van der Waals surface area contributed by atoms with E-state index >= 15 is 0 Å². The van der Waals surface area contributed by atoms with Crippen LogP contribution in [0.2, 0.25) is 0 Å². The highest BCUT2D eigenvalue weighted by Crippen LogP contribution is 2.43. The summed E-state index contributed by atoms with van der Waals surface area (Å²) >= 11 is 0. The number of carbonyl (C=O) groups is 2. The predicted molar refractivity (Wildman–Crippen MR) is 123 cm³/mol. The largest absolute Gasteiger partial charge is 0.497 e. The molecule has 0 saturated heterocycles. The highest BCUT2D eigenvalue weighted by molar-refractivity contribution is 6.04. The van der Waals surface area contributed by atoms with Crippen molar-refractivity contribution in [2.24, 2.45) is 0 Å². The second-order valence-electron chi connectivity index (χ2n) is 7.89. The van der Waals surface area contributed by atoms with Crippen molar-refractivity contribution in [1.29, 1.82) is 0 Å². The quantitative estimate of drug-likeness (QED) is 0.644. The van der Waals surface area contributed by atoms with Crippen molar-refractivity contribution in [3.05, 3.63) is 89.0 Å². The topological polar surface area (TPSA) is 67.9 Å². The van der Waals surface area contributed by atoms with Crippen LogP contribution in [0, 0.1) is 6.92 Å². The number of hydrogen-bond donors (Lipinski definition) is 1. The minimum atomic E-state index is -0.604. The Bertz CT molecular complexity index is 1160. The molecule has 0 bridgehead atoms. The van der Waals surface area contributed by atoms with E-state index in [9.17, 15) is 9.59 Å². The number of hydrogen-bond acceptors (Lipinski definition) is 4. The maximum atomic E-state index is 13.7. The zero-order chi connectivity index (χ0) is 22.8. The first-order chi connectivity index (χ1) is 15.4. The Kier molecular flexibility index (Phi) is 5.86. The molecule has 6 heteroatoms. The van der Waals surface area contributed by atoms with E-state index in [1.165, 1.54) is 0 Å². The van der Waals surface area contributed by atoms with Crippen molar-refractivity contribution >= 4 is 17.5 Å². The molecule has 164 valence electrons. The molecule has 0 radical (unpaired) electrons. The number of methoxy groups -OCH3 is 2. The number of amides is 2. The standard InChI is InChI=1S/C26H26N2O4/c1-16-9-14-22(32-4)21(15-16)27-25(29)23-19-7-5-6-8-20(19)26(30)28(2)24(23)17-10-12-18(31-3)13-11-17/h5-15,23-24H,1-4H3,(H,27,29)/t23-,24+/m1/s1. The fraction of sp³-hybridized carbons (Fsp3) is 0.231. The van der Waals surface area contributed by atoms with Crippen LogP contribution >= 0.6 is 0 Å². The SMILES string of the molecule is COc1ccc([C@H]2[C@H](C(=O)Nc3cc(C)ccc3OC)c3ccccc3C(=O)N2C)cc1. The number of benzene rings is 3. The smallest absolute Gasteiger partial charge is 0.254 e. The maximum absolute atomic E-state index is 13.7. The average molecular weight is 431 g/mol.